The summed E-state index contributed by atoms with van der Waals surface area (Å²) in [6.07, 6.45) is 5.44. The number of hydrogen-bond donors (Lipinski definition) is 1. The molecule has 5 nitrogen and oxygen atoms in total. The zero-order valence-electron chi connectivity index (χ0n) is 13.4. The Bertz CT molecular complexity index is 380. The summed E-state index contributed by atoms with van der Waals surface area (Å²) in [5.74, 6) is 0.140. The van der Waals surface area contributed by atoms with Crippen LogP contribution in [0.4, 0.5) is 0 Å². The van der Waals surface area contributed by atoms with Gasteiger partial charge in [-0.1, -0.05) is 19.3 Å². The largest absolute Gasteiger partial charge is 0.375 e. The van der Waals surface area contributed by atoms with Gasteiger partial charge in [-0.3, -0.25) is 9.59 Å². The normalized spacial score (nSPS) is 29.0. The zero-order valence-corrected chi connectivity index (χ0v) is 13.4. The zero-order chi connectivity index (χ0) is 15.4. The van der Waals surface area contributed by atoms with Gasteiger partial charge < -0.3 is 15.0 Å². The Balaban J connectivity index is 1.87. The van der Waals surface area contributed by atoms with Crippen LogP contribution in [0.15, 0.2) is 0 Å². The van der Waals surface area contributed by atoms with Gasteiger partial charge in [-0.15, -0.1) is 0 Å². The van der Waals surface area contributed by atoms with Gasteiger partial charge in [0.1, 0.15) is 6.04 Å². The predicted octanol–water partition coefficient (Wildman–Crippen LogP) is 1.71. The molecule has 0 aromatic carbocycles. The second kappa shape index (κ2) is 7.25. The minimum absolute atomic E-state index is 0.00168. The number of carbonyl (C=O) groups is 2. The van der Waals surface area contributed by atoms with Gasteiger partial charge in [0.2, 0.25) is 11.8 Å². The molecule has 1 N–H and O–H groups in total. The van der Waals surface area contributed by atoms with Crippen molar-refractivity contribution in [3.05, 3.63) is 0 Å². The van der Waals surface area contributed by atoms with Crippen molar-refractivity contribution in [1.82, 2.24) is 10.2 Å². The molecule has 0 radical (unpaired) electrons. The van der Waals surface area contributed by atoms with E-state index in [1.807, 2.05) is 18.7 Å². The van der Waals surface area contributed by atoms with E-state index in [-0.39, 0.29) is 29.9 Å². The minimum atomic E-state index is -0.452. The monoisotopic (exact) mass is 296 g/mol. The van der Waals surface area contributed by atoms with Crippen molar-refractivity contribution >= 4 is 11.8 Å². The number of rotatable bonds is 3. The Hall–Kier alpha value is -1.10. The molecule has 2 amide bonds. The molecule has 2 rings (SSSR count). The van der Waals surface area contributed by atoms with Gasteiger partial charge in [0, 0.05) is 12.5 Å². The van der Waals surface area contributed by atoms with Crippen molar-refractivity contribution in [2.75, 3.05) is 13.2 Å². The number of nitrogens with one attached hydrogen (secondary N) is 1. The van der Waals surface area contributed by atoms with Gasteiger partial charge in [0.15, 0.2) is 0 Å². The van der Waals surface area contributed by atoms with Gasteiger partial charge in [-0.05, 0) is 33.6 Å². The lowest BCUT2D eigenvalue weighted by Gasteiger charge is -2.38. The van der Waals surface area contributed by atoms with Gasteiger partial charge >= 0.3 is 0 Å². The fourth-order valence-electron chi connectivity index (χ4n) is 3.22. The first-order valence-electron chi connectivity index (χ1n) is 8.21. The lowest BCUT2D eigenvalue weighted by atomic mass is 9.88. The Labute approximate surface area is 127 Å². The average molecular weight is 296 g/mol. The summed E-state index contributed by atoms with van der Waals surface area (Å²) in [6, 6.07) is -0.380. The smallest absolute Gasteiger partial charge is 0.245 e. The van der Waals surface area contributed by atoms with Crippen LogP contribution >= 0.6 is 0 Å². The summed E-state index contributed by atoms with van der Waals surface area (Å²) < 4.78 is 5.55. The SMILES string of the molecule is CC1CN(C(=O)C(C)NC(=O)C2CCCCC2)C(C)CO1. The molecule has 3 atom stereocenters. The van der Waals surface area contributed by atoms with Crippen molar-refractivity contribution in [1.29, 1.82) is 0 Å². The first-order chi connectivity index (χ1) is 9.99. The predicted molar refractivity (Wildman–Crippen MR) is 80.8 cm³/mol. The minimum Gasteiger partial charge on any atom is -0.375 e. The fourth-order valence-corrected chi connectivity index (χ4v) is 3.22. The summed E-state index contributed by atoms with van der Waals surface area (Å²) in [5, 5.41) is 2.91. The molecule has 0 aromatic heterocycles. The van der Waals surface area contributed by atoms with Crippen molar-refractivity contribution in [2.45, 2.75) is 71.1 Å². The third kappa shape index (κ3) is 4.19. The van der Waals surface area contributed by atoms with Crippen molar-refractivity contribution in [2.24, 2.45) is 5.92 Å². The molecule has 2 fully saturated rings. The summed E-state index contributed by atoms with van der Waals surface area (Å²) in [6.45, 7) is 6.91. The molecule has 21 heavy (non-hydrogen) atoms. The second-order valence-corrected chi connectivity index (χ2v) is 6.55. The first kappa shape index (κ1) is 16.3. The van der Waals surface area contributed by atoms with Crippen molar-refractivity contribution in [3.63, 3.8) is 0 Å². The van der Waals surface area contributed by atoms with E-state index in [1.165, 1.54) is 6.42 Å². The molecule has 1 saturated heterocycles. The maximum absolute atomic E-state index is 12.5. The summed E-state index contributed by atoms with van der Waals surface area (Å²) in [5.41, 5.74) is 0. The van der Waals surface area contributed by atoms with Gasteiger partial charge in [0.05, 0.1) is 18.8 Å². The number of carbonyl (C=O) groups excluding carboxylic acids is 2. The van der Waals surface area contributed by atoms with Crippen LogP contribution in [0, 0.1) is 5.92 Å². The highest BCUT2D eigenvalue weighted by Crippen LogP contribution is 2.23. The van der Waals surface area contributed by atoms with E-state index >= 15 is 0 Å². The van der Waals surface area contributed by atoms with E-state index in [1.54, 1.807) is 6.92 Å². The second-order valence-electron chi connectivity index (χ2n) is 6.55. The molecule has 1 saturated carbocycles. The Kier molecular flexibility index (Phi) is 5.62. The first-order valence-corrected chi connectivity index (χ1v) is 8.21. The van der Waals surface area contributed by atoms with Crippen LogP contribution in [0.25, 0.3) is 0 Å². The highest BCUT2D eigenvalue weighted by Gasteiger charge is 2.32. The van der Waals surface area contributed by atoms with Gasteiger partial charge in [0.25, 0.3) is 0 Å². The molecule has 5 heteroatoms. The maximum Gasteiger partial charge on any atom is 0.245 e. The number of ether oxygens (including phenoxy) is 1. The van der Waals surface area contributed by atoms with Crippen LogP contribution in [0.1, 0.15) is 52.9 Å². The lowest BCUT2D eigenvalue weighted by Crippen LogP contribution is -2.56. The maximum atomic E-state index is 12.5. The lowest BCUT2D eigenvalue weighted by molar-refractivity contribution is -0.147. The molecule has 0 bridgehead atoms. The highest BCUT2D eigenvalue weighted by molar-refractivity contribution is 5.88. The van der Waals surface area contributed by atoms with Crippen LogP contribution in [-0.4, -0.2) is 48.1 Å². The molecule has 0 spiro atoms. The van der Waals surface area contributed by atoms with Crippen molar-refractivity contribution < 1.29 is 14.3 Å². The number of nitrogens with zero attached hydrogens (tertiary/aromatic N) is 1. The van der Waals surface area contributed by atoms with E-state index < -0.39 is 6.04 Å². The topological polar surface area (TPSA) is 58.6 Å². The molecule has 1 heterocycles. The molecule has 120 valence electrons. The van der Waals surface area contributed by atoms with Crippen LogP contribution < -0.4 is 5.32 Å². The number of amides is 2. The molecule has 3 unspecified atom stereocenters. The standard InChI is InChI=1S/C16H28N2O3/c1-11-10-21-12(2)9-18(11)16(20)13(3)17-15(19)14-7-5-4-6-8-14/h11-14H,4-10H2,1-3H3,(H,17,19). The van der Waals surface area contributed by atoms with Crippen molar-refractivity contribution in [3.8, 4) is 0 Å². The molecule has 1 aliphatic heterocycles. The molecular formula is C16H28N2O3. The summed E-state index contributed by atoms with van der Waals surface area (Å²) in [4.78, 5) is 26.6. The Morgan fingerprint density at radius 2 is 1.86 bits per heavy atom. The Morgan fingerprint density at radius 3 is 2.52 bits per heavy atom. The van der Waals surface area contributed by atoms with Gasteiger partial charge in [-0.25, -0.2) is 0 Å². The number of morpholine rings is 1. The molecule has 0 aromatic rings. The highest BCUT2D eigenvalue weighted by atomic mass is 16.5. The fraction of sp³-hybridized carbons (Fsp3) is 0.875. The third-order valence-electron chi connectivity index (χ3n) is 4.60. The third-order valence-corrected chi connectivity index (χ3v) is 4.60. The number of hydrogen-bond acceptors (Lipinski definition) is 3. The molecular weight excluding hydrogens is 268 g/mol. The molecule has 1 aliphatic carbocycles. The summed E-state index contributed by atoms with van der Waals surface area (Å²) in [7, 11) is 0. The van der Waals surface area contributed by atoms with E-state index in [9.17, 15) is 9.59 Å². The van der Waals surface area contributed by atoms with E-state index in [0.717, 1.165) is 25.7 Å². The van der Waals surface area contributed by atoms with Crippen LogP contribution in [0.3, 0.4) is 0 Å². The van der Waals surface area contributed by atoms with Gasteiger partial charge in [-0.2, -0.15) is 0 Å². The van der Waals surface area contributed by atoms with E-state index in [0.29, 0.717) is 13.2 Å². The van der Waals surface area contributed by atoms with E-state index in [4.69, 9.17) is 4.74 Å². The van der Waals surface area contributed by atoms with Crippen LogP contribution in [-0.2, 0) is 14.3 Å². The summed E-state index contributed by atoms with van der Waals surface area (Å²) >= 11 is 0. The Morgan fingerprint density at radius 1 is 1.19 bits per heavy atom. The quantitative estimate of drug-likeness (QED) is 0.862. The average Bonchev–Trinajstić information content (AvgIpc) is 2.49. The van der Waals surface area contributed by atoms with Crippen LogP contribution in [0.5, 0.6) is 0 Å². The van der Waals surface area contributed by atoms with Crippen LogP contribution in [0.2, 0.25) is 0 Å². The van der Waals surface area contributed by atoms with E-state index in [2.05, 4.69) is 5.32 Å². The molecule has 2 aliphatic rings.